The summed E-state index contributed by atoms with van der Waals surface area (Å²) in [6.07, 6.45) is 1.72. The van der Waals surface area contributed by atoms with E-state index in [1.54, 1.807) is 19.4 Å². The number of aromatic nitrogens is 1. The number of methoxy groups -OCH3 is 1. The van der Waals surface area contributed by atoms with Crippen LogP contribution in [0.2, 0.25) is 10.0 Å². The molecule has 112 valence electrons. The van der Waals surface area contributed by atoms with E-state index >= 15 is 0 Å². The summed E-state index contributed by atoms with van der Waals surface area (Å²) in [4.78, 5) is 4.21. The summed E-state index contributed by atoms with van der Waals surface area (Å²) < 4.78 is 10.3. The molecule has 0 saturated carbocycles. The van der Waals surface area contributed by atoms with E-state index in [1.807, 2.05) is 24.3 Å². The van der Waals surface area contributed by atoms with Gasteiger partial charge in [0.05, 0.1) is 18.5 Å². The van der Waals surface area contributed by atoms with Crippen molar-refractivity contribution in [3.63, 3.8) is 0 Å². The van der Waals surface area contributed by atoms with Crippen LogP contribution in [0.25, 0.3) is 0 Å². The summed E-state index contributed by atoms with van der Waals surface area (Å²) in [5, 5.41) is 4.50. The topological polar surface area (TPSA) is 43.4 Å². The molecule has 0 aliphatic rings. The van der Waals surface area contributed by atoms with Crippen LogP contribution in [0.3, 0.4) is 0 Å². The van der Waals surface area contributed by atoms with Crippen molar-refractivity contribution in [1.29, 1.82) is 0 Å². The number of hydrogen-bond acceptors (Lipinski definition) is 4. The average molecular weight is 327 g/mol. The molecule has 0 aliphatic carbocycles. The molecule has 0 fully saturated rings. The fourth-order valence-corrected chi connectivity index (χ4v) is 2.29. The first kappa shape index (κ1) is 15.9. The molecule has 0 spiro atoms. The van der Waals surface area contributed by atoms with Gasteiger partial charge in [-0.15, -0.1) is 0 Å². The minimum atomic E-state index is 0.483. The number of pyridine rings is 1. The molecular weight excluding hydrogens is 311 g/mol. The van der Waals surface area contributed by atoms with Gasteiger partial charge in [-0.2, -0.15) is 0 Å². The maximum atomic E-state index is 5.96. The largest absolute Gasteiger partial charge is 0.475 e. The summed E-state index contributed by atoms with van der Waals surface area (Å²) >= 11 is 11.9. The lowest BCUT2D eigenvalue weighted by Crippen LogP contribution is -2.05. The summed E-state index contributed by atoms with van der Waals surface area (Å²) in [5.74, 6) is 0.573. The van der Waals surface area contributed by atoms with Gasteiger partial charge in [0.15, 0.2) is 0 Å². The highest BCUT2D eigenvalue weighted by Gasteiger charge is 2.00. The van der Waals surface area contributed by atoms with E-state index in [9.17, 15) is 0 Å². The fraction of sp³-hybridized carbons (Fsp3) is 0.267. The Kier molecular flexibility index (Phi) is 6.11. The first-order valence-corrected chi connectivity index (χ1v) is 7.19. The number of anilines is 1. The van der Waals surface area contributed by atoms with Crippen LogP contribution < -0.4 is 10.1 Å². The Morgan fingerprint density at radius 1 is 1.10 bits per heavy atom. The molecule has 6 heteroatoms. The van der Waals surface area contributed by atoms with E-state index in [0.29, 0.717) is 35.7 Å². The van der Waals surface area contributed by atoms with Crippen molar-refractivity contribution < 1.29 is 9.47 Å². The summed E-state index contributed by atoms with van der Waals surface area (Å²) in [5.41, 5.74) is 1.90. The van der Waals surface area contributed by atoms with Gasteiger partial charge < -0.3 is 14.8 Å². The minimum Gasteiger partial charge on any atom is -0.475 e. The highest BCUT2D eigenvalue weighted by atomic mass is 35.5. The van der Waals surface area contributed by atoms with Crippen LogP contribution in [0.4, 0.5) is 5.69 Å². The Morgan fingerprint density at radius 2 is 1.86 bits per heavy atom. The maximum absolute atomic E-state index is 5.96. The maximum Gasteiger partial charge on any atom is 0.213 e. The lowest BCUT2D eigenvalue weighted by Gasteiger charge is -2.08. The van der Waals surface area contributed by atoms with Gasteiger partial charge >= 0.3 is 0 Å². The van der Waals surface area contributed by atoms with Gasteiger partial charge in [-0.1, -0.05) is 23.2 Å². The van der Waals surface area contributed by atoms with Crippen LogP contribution in [0.15, 0.2) is 36.5 Å². The van der Waals surface area contributed by atoms with Crippen LogP contribution in [-0.2, 0) is 11.3 Å². The first-order chi connectivity index (χ1) is 10.2. The zero-order valence-corrected chi connectivity index (χ0v) is 13.1. The van der Waals surface area contributed by atoms with E-state index in [1.165, 1.54) is 0 Å². The van der Waals surface area contributed by atoms with Crippen molar-refractivity contribution in [2.75, 3.05) is 25.6 Å². The Bertz CT molecular complexity index is 556. The molecule has 1 aromatic heterocycles. The number of hydrogen-bond donors (Lipinski definition) is 1. The molecule has 0 aliphatic heterocycles. The van der Waals surface area contributed by atoms with E-state index in [0.717, 1.165) is 11.3 Å². The third-order valence-electron chi connectivity index (χ3n) is 2.69. The molecule has 1 aromatic carbocycles. The van der Waals surface area contributed by atoms with Gasteiger partial charge in [-0.05, 0) is 29.8 Å². The van der Waals surface area contributed by atoms with Crippen LogP contribution in [-0.4, -0.2) is 25.3 Å². The molecule has 0 amide bonds. The van der Waals surface area contributed by atoms with Crippen LogP contribution in [0.1, 0.15) is 5.56 Å². The Balaban J connectivity index is 1.88. The number of halogens is 2. The molecule has 0 atom stereocenters. The molecule has 1 N–H and O–H groups in total. The van der Waals surface area contributed by atoms with Gasteiger partial charge in [0.25, 0.3) is 0 Å². The second kappa shape index (κ2) is 8.08. The van der Waals surface area contributed by atoms with Gasteiger partial charge in [0.2, 0.25) is 5.88 Å². The zero-order valence-electron chi connectivity index (χ0n) is 11.6. The average Bonchev–Trinajstić information content (AvgIpc) is 2.46. The molecule has 21 heavy (non-hydrogen) atoms. The fourth-order valence-electron chi connectivity index (χ4n) is 1.72. The zero-order chi connectivity index (χ0) is 15.1. The molecule has 4 nitrogen and oxygen atoms in total. The predicted octanol–water partition coefficient (Wildman–Crippen LogP) is 4.03. The quantitative estimate of drug-likeness (QED) is 0.780. The van der Waals surface area contributed by atoms with Gasteiger partial charge in [0.1, 0.15) is 6.61 Å². The van der Waals surface area contributed by atoms with Gasteiger partial charge in [-0.3, -0.25) is 0 Å². The molecule has 2 rings (SSSR count). The normalized spacial score (nSPS) is 10.4. The van der Waals surface area contributed by atoms with Crippen molar-refractivity contribution in [3.8, 4) is 5.88 Å². The summed E-state index contributed by atoms with van der Waals surface area (Å²) in [7, 11) is 1.63. The van der Waals surface area contributed by atoms with Crippen molar-refractivity contribution in [1.82, 2.24) is 4.98 Å². The molecule has 1 heterocycles. The number of ether oxygens (including phenoxy) is 2. The van der Waals surface area contributed by atoms with Crippen molar-refractivity contribution >= 4 is 28.9 Å². The second-order valence-corrected chi connectivity index (χ2v) is 5.23. The Morgan fingerprint density at radius 3 is 2.48 bits per heavy atom. The lowest BCUT2D eigenvalue weighted by molar-refractivity contribution is 0.144. The second-order valence-electron chi connectivity index (χ2n) is 4.36. The summed E-state index contributed by atoms with van der Waals surface area (Å²) in [6, 6.07) is 9.16. The summed E-state index contributed by atoms with van der Waals surface area (Å²) in [6.45, 7) is 1.64. The lowest BCUT2D eigenvalue weighted by atomic mass is 10.2. The van der Waals surface area contributed by atoms with E-state index < -0.39 is 0 Å². The molecule has 0 radical (unpaired) electrons. The number of rotatable bonds is 7. The molecule has 0 bridgehead atoms. The van der Waals surface area contributed by atoms with Crippen molar-refractivity contribution in [3.05, 3.63) is 52.1 Å². The van der Waals surface area contributed by atoms with Gasteiger partial charge in [-0.25, -0.2) is 4.98 Å². The number of nitrogens with one attached hydrogen (secondary N) is 1. The van der Waals surface area contributed by atoms with Crippen molar-refractivity contribution in [2.24, 2.45) is 0 Å². The van der Waals surface area contributed by atoms with E-state index in [-0.39, 0.29) is 0 Å². The minimum absolute atomic E-state index is 0.483. The first-order valence-electron chi connectivity index (χ1n) is 6.44. The van der Waals surface area contributed by atoms with Crippen LogP contribution >= 0.6 is 23.2 Å². The molecule has 2 aromatic rings. The highest BCUT2D eigenvalue weighted by molar-refractivity contribution is 6.34. The molecule has 0 saturated heterocycles. The van der Waals surface area contributed by atoms with Crippen LogP contribution in [0, 0.1) is 0 Å². The van der Waals surface area contributed by atoms with Crippen molar-refractivity contribution in [2.45, 2.75) is 6.54 Å². The van der Waals surface area contributed by atoms with E-state index in [2.05, 4.69) is 10.3 Å². The number of nitrogens with zero attached hydrogens (tertiary/aromatic N) is 1. The SMILES string of the molecule is COCCOc1ccc(NCc2cc(Cl)cc(Cl)c2)cn1. The molecule has 0 unspecified atom stereocenters. The smallest absolute Gasteiger partial charge is 0.213 e. The standard InChI is InChI=1S/C15H16Cl2N2O2/c1-20-4-5-21-15-3-2-14(10-19-15)18-9-11-6-12(16)8-13(17)7-11/h2-3,6-8,10,18H,4-5,9H2,1H3. The highest BCUT2D eigenvalue weighted by Crippen LogP contribution is 2.20. The molecular formula is C15H16Cl2N2O2. The number of benzene rings is 1. The van der Waals surface area contributed by atoms with Gasteiger partial charge in [0, 0.05) is 29.8 Å². The predicted molar refractivity (Wildman–Crippen MR) is 85.4 cm³/mol. The third-order valence-corrected chi connectivity index (χ3v) is 3.13. The monoisotopic (exact) mass is 326 g/mol. The Labute approximate surface area is 134 Å². The third kappa shape index (κ3) is 5.42. The Hall–Kier alpha value is -1.49. The van der Waals surface area contributed by atoms with E-state index in [4.69, 9.17) is 32.7 Å². The van der Waals surface area contributed by atoms with Crippen LogP contribution in [0.5, 0.6) is 5.88 Å².